The molecule has 1 aliphatic heterocycles. The fourth-order valence-corrected chi connectivity index (χ4v) is 3.38. The van der Waals surface area contributed by atoms with Crippen LogP contribution in [-0.4, -0.2) is 34.8 Å². The Morgan fingerprint density at radius 1 is 1.24 bits per heavy atom. The van der Waals surface area contributed by atoms with Gasteiger partial charge in [-0.3, -0.25) is 9.59 Å². The molecule has 0 unspecified atom stereocenters. The van der Waals surface area contributed by atoms with Crippen LogP contribution in [0.3, 0.4) is 0 Å². The minimum atomic E-state index is -4.60. The maximum Gasteiger partial charge on any atom is 0.417 e. The first-order chi connectivity index (χ1) is 13.7. The highest BCUT2D eigenvalue weighted by Gasteiger charge is 2.36. The number of benzene rings is 1. The standard InChI is InChI=1S/C21H24F3N3O2/c1-13(2)7-9-25-19(28)17-11-14-8-10-27(12-18(14)26-17)20(29)15-5-3-4-6-16(15)21(22,23)24/h3-6,11,13,26H,7-10,12H2,1-2H3,(H,25,28). The van der Waals surface area contributed by atoms with Crippen LogP contribution >= 0.6 is 0 Å². The van der Waals surface area contributed by atoms with Gasteiger partial charge in [-0.2, -0.15) is 13.2 Å². The van der Waals surface area contributed by atoms with E-state index in [1.807, 2.05) is 0 Å². The maximum atomic E-state index is 13.2. The average Bonchev–Trinajstić information content (AvgIpc) is 3.10. The van der Waals surface area contributed by atoms with E-state index in [2.05, 4.69) is 24.1 Å². The SMILES string of the molecule is CC(C)CCNC(=O)c1cc2c([nH]1)CN(C(=O)c1ccccc1C(F)(F)F)CC2. The average molecular weight is 407 g/mol. The second-order valence-electron chi connectivity index (χ2n) is 7.65. The molecule has 8 heteroatoms. The Morgan fingerprint density at radius 3 is 2.66 bits per heavy atom. The summed E-state index contributed by atoms with van der Waals surface area (Å²) in [7, 11) is 0. The second-order valence-corrected chi connectivity index (χ2v) is 7.65. The predicted molar refractivity (Wildman–Crippen MR) is 102 cm³/mol. The molecule has 0 fully saturated rings. The molecular weight excluding hydrogens is 383 g/mol. The molecule has 1 aromatic heterocycles. The number of halogens is 3. The number of carbonyl (C=O) groups is 2. The first kappa shape index (κ1) is 21.0. The molecule has 0 saturated heterocycles. The van der Waals surface area contributed by atoms with E-state index < -0.39 is 17.6 Å². The summed E-state index contributed by atoms with van der Waals surface area (Å²) in [6.45, 7) is 5.15. The van der Waals surface area contributed by atoms with Crippen LogP contribution in [0.5, 0.6) is 0 Å². The van der Waals surface area contributed by atoms with E-state index in [0.717, 1.165) is 18.1 Å². The van der Waals surface area contributed by atoms with E-state index in [9.17, 15) is 22.8 Å². The van der Waals surface area contributed by atoms with Gasteiger partial charge in [0.15, 0.2) is 0 Å². The fraction of sp³-hybridized carbons (Fsp3) is 0.429. The van der Waals surface area contributed by atoms with Gasteiger partial charge in [-0.05, 0) is 42.5 Å². The smallest absolute Gasteiger partial charge is 0.353 e. The van der Waals surface area contributed by atoms with Gasteiger partial charge in [0.1, 0.15) is 5.69 Å². The highest BCUT2D eigenvalue weighted by Crippen LogP contribution is 2.33. The van der Waals surface area contributed by atoms with Gasteiger partial charge in [-0.1, -0.05) is 26.0 Å². The lowest BCUT2D eigenvalue weighted by molar-refractivity contribution is -0.138. The molecule has 156 valence electrons. The predicted octanol–water partition coefficient (Wildman–Crippen LogP) is 4.01. The molecule has 1 aliphatic rings. The molecule has 1 aromatic carbocycles. The highest BCUT2D eigenvalue weighted by atomic mass is 19.4. The Balaban J connectivity index is 1.73. The number of aromatic amines is 1. The number of nitrogens with zero attached hydrogens (tertiary/aromatic N) is 1. The van der Waals surface area contributed by atoms with Crippen LogP contribution in [-0.2, 0) is 19.1 Å². The lowest BCUT2D eigenvalue weighted by atomic mass is 10.0. The summed E-state index contributed by atoms with van der Waals surface area (Å²) in [5.41, 5.74) is 0.702. The molecule has 0 saturated carbocycles. The summed E-state index contributed by atoms with van der Waals surface area (Å²) < 4.78 is 39.7. The number of H-pyrrole nitrogens is 1. The number of alkyl halides is 3. The van der Waals surface area contributed by atoms with Gasteiger partial charge >= 0.3 is 6.18 Å². The van der Waals surface area contributed by atoms with Gasteiger partial charge in [-0.15, -0.1) is 0 Å². The van der Waals surface area contributed by atoms with Crippen LogP contribution in [0.25, 0.3) is 0 Å². The van der Waals surface area contributed by atoms with Crippen LogP contribution in [0.2, 0.25) is 0 Å². The highest BCUT2D eigenvalue weighted by molar-refractivity contribution is 5.96. The third-order valence-corrected chi connectivity index (χ3v) is 4.99. The number of carbonyl (C=O) groups excluding carboxylic acids is 2. The Bertz CT molecular complexity index is 903. The normalized spacial score (nSPS) is 14.1. The number of aromatic nitrogens is 1. The first-order valence-electron chi connectivity index (χ1n) is 9.61. The number of rotatable bonds is 5. The Labute approximate surface area is 167 Å². The zero-order chi connectivity index (χ0) is 21.2. The second kappa shape index (κ2) is 8.31. The molecule has 0 atom stereocenters. The summed E-state index contributed by atoms with van der Waals surface area (Å²) in [5.74, 6) is -0.409. The van der Waals surface area contributed by atoms with Crippen molar-refractivity contribution >= 4 is 11.8 Å². The van der Waals surface area contributed by atoms with Crippen molar-refractivity contribution in [3.05, 3.63) is 58.4 Å². The monoisotopic (exact) mass is 407 g/mol. The first-order valence-corrected chi connectivity index (χ1v) is 9.61. The molecule has 0 bridgehead atoms. The van der Waals surface area contributed by atoms with Gasteiger partial charge < -0.3 is 15.2 Å². The third kappa shape index (κ3) is 4.81. The Kier molecular flexibility index (Phi) is 6.00. The third-order valence-electron chi connectivity index (χ3n) is 4.99. The fourth-order valence-electron chi connectivity index (χ4n) is 3.38. The molecule has 0 radical (unpaired) electrons. The number of hydrogen-bond acceptors (Lipinski definition) is 2. The molecule has 2 heterocycles. The molecule has 2 aromatic rings. The summed E-state index contributed by atoms with van der Waals surface area (Å²) in [5, 5.41) is 2.85. The van der Waals surface area contributed by atoms with Crippen LogP contribution in [0, 0.1) is 5.92 Å². The summed E-state index contributed by atoms with van der Waals surface area (Å²) in [6, 6.07) is 6.56. The van der Waals surface area contributed by atoms with Gasteiger partial charge in [-0.25, -0.2) is 0 Å². The van der Waals surface area contributed by atoms with E-state index in [-0.39, 0.29) is 18.0 Å². The zero-order valence-electron chi connectivity index (χ0n) is 16.4. The largest absolute Gasteiger partial charge is 0.417 e. The molecule has 29 heavy (non-hydrogen) atoms. The van der Waals surface area contributed by atoms with Crippen molar-refractivity contribution in [2.24, 2.45) is 5.92 Å². The number of hydrogen-bond donors (Lipinski definition) is 2. The van der Waals surface area contributed by atoms with Crippen LogP contribution in [0.15, 0.2) is 30.3 Å². The molecule has 5 nitrogen and oxygen atoms in total. The van der Waals surface area contributed by atoms with Crippen LogP contribution in [0.1, 0.15) is 57.9 Å². The molecule has 2 N–H and O–H groups in total. The van der Waals surface area contributed by atoms with E-state index >= 15 is 0 Å². The summed E-state index contributed by atoms with van der Waals surface area (Å²) in [6.07, 6.45) is -3.25. The molecule has 0 spiro atoms. The number of nitrogens with one attached hydrogen (secondary N) is 2. The lowest BCUT2D eigenvalue weighted by Gasteiger charge is -2.28. The maximum absolute atomic E-state index is 13.2. The topological polar surface area (TPSA) is 65.2 Å². The van der Waals surface area contributed by atoms with E-state index in [0.29, 0.717) is 36.8 Å². The number of fused-ring (bicyclic) bond motifs is 1. The van der Waals surface area contributed by atoms with Crippen molar-refractivity contribution in [3.63, 3.8) is 0 Å². The van der Waals surface area contributed by atoms with E-state index in [1.165, 1.54) is 23.1 Å². The van der Waals surface area contributed by atoms with Gasteiger partial charge in [0.2, 0.25) is 0 Å². The van der Waals surface area contributed by atoms with E-state index in [4.69, 9.17) is 0 Å². The van der Waals surface area contributed by atoms with Crippen molar-refractivity contribution in [2.45, 2.75) is 39.4 Å². The summed E-state index contributed by atoms with van der Waals surface area (Å²) >= 11 is 0. The minimum Gasteiger partial charge on any atom is -0.353 e. The van der Waals surface area contributed by atoms with Crippen LogP contribution < -0.4 is 5.32 Å². The molecule has 2 amide bonds. The van der Waals surface area contributed by atoms with Crippen molar-refractivity contribution in [2.75, 3.05) is 13.1 Å². The number of amides is 2. The molecule has 0 aliphatic carbocycles. The van der Waals surface area contributed by atoms with E-state index in [1.54, 1.807) is 6.07 Å². The summed E-state index contributed by atoms with van der Waals surface area (Å²) in [4.78, 5) is 29.4. The quantitative estimate of drug-likeness (QED) is 0.787. The zero-order valence-corrected chi connectivity index (χ0v) is 16.4. The van der Waals surface area contributed by atoms with Crippen molar-refractivity contribution in [1.29, 1.82) is 0 Å². The van der Waals surface area contributed by atoms with Gasteiger partial charge in [0, 0.05) is 18.8 Å². The molecular formula is C21H24F3N3O2. The van der Waals surface area contributed by atoms with Crippen molar-refractivity contribution in [1.82, 2.24) is 15.2 Å². The lowest BCUT2D eigenvalue weighted by Crippen LogP contribution is -2.36. The molecule has 3 rings (SSSR count). The van der Waals surface area contributed by atoms with Gasteiger partial charge in [0.25, 0.3) is 11.8 Å². The minimum absolute atomic E-state index is 0.139. The van der Waals surface area contributed by atoms with Crippen LogP contribution in [0.4, 0.5) is 13.2 Å². The van der Waals surface area contributed by atoms with Gasteiger partial charge in [0.05, 0.1) is 17.7 Å². The van der Waals surface area contributed by atoms with Crippen molar-refractivity contribution < 1.29 is 22.8 Å². The Morgan fingerprint density at radius 2 is 1.97 bits per heavy atom. The van der Waals surface area contributed by atoms with Crippen molar-refractivity contribution in [3.8, 4) is 0 Å². The Hall–Kier alpha value is -2.77.